The van der Waals surface area contributed by atoms with Gasteiger partial charge in [-0.3, -0.25) is 0 Å². The van der Waals surface area contributed by atoms with Crippen molar-refractivity contribution < 1.29 is 4.63 Å². The zero-order chi connectivity index (χ0) is 13.4. The van der Waals surface area contributed by atoms with E-state index in [0.717, 1.165) is 17.1 Å². The molecule has 5 nitrogen and oxygen atoms in total. The van der Waals surface area contributed by atoms with E-state index >= 15 is 0 Å². The fraction of sp³-hybridized carbons (Fsp3) is 0.571. The molecule has 0 spiro atoms. The minimum atomic E-state index is 0.562. The van der Waals surface area contributed by atoms with E-state index < -0.39 is 0 Å². The smallest absolute Gasteiger partial charge is 0.160 e. The van der Waals surface area contributed by atoms with Gasteiger partial charge in [-0.25, -0.2) is 4.63 Å². The highest BCUT2D eigenvalue weighted by Gasteiger charge is 2.24. The maximum absolute atomic E-state index is 5.89. The molecule has 1 saturated carbocycles. The molecular formula is C14H20N4O. The predicted molar refractivity (Wildman–Crippen MR) is 76.0 cm³/mol. The molecule has 0 bridgehead atoms. The molecule has 0 saturated heterocycles. The first-order chi connectivity index (χ1) is 9.16. The van der Waals surface area contributed by atoms with E-state index in [1.807, 2.05) is 12.1 Å². The van der Waals surface area contributed by atoms with Gasteiger partial charge in [0.15, 0.2) is 11.0 Å². The summed E-state index contributed by atoms with van der Waals surface area (Å²) in [5.74, 6) is 0.793. The number of nitrogens with two attached hydrogens (primary N) is 1. The maximum Gasteiger partial charge on any atom is 0.160 e. The molecule has 0 amide bonds. The standard InChI is InChI=1S/C14H20N4O/c1-9-4-3-5-10(8-9)18(2)12-7-6-11(15)13-14(12)17-19-16-13/h6-7,9-10H,3-5,8,15H2,1-2H3. The third-order valence-electron chi connectivity index (χ3n) is 4.26. The van der Waals surface area contributed by atoms with Crippen LogP contribution in [-0.4, -0.2) is 23.4 Å². The second-order valence-electron chi connectivity index (χ2n) is 5.67. The normalized spacial score (nSPS) is 23.7. The van der Waals surface area contributed by atoms with Crippen LogP contribution >= 0.6 is 0 Å². The van der Waals surface area contributed by atoms with Gasteiger partial charge in [0.25, 0.3) is 0 Å². The fourth-order valence-electron chi connectivity index (χ4n) is 3.11. The number of fused-ring (bicyclic) bond motifs is 1. The Morgan fingerprint density at radius 2 is 2.05 bits per heavy atom. The molecule has 2 unspecified atom stereocenters. The molecule has 1 aromatic heterocycles. The number of aromatic nitrogens is 2. The average Bonchev–Trinajstić information content (AvgIpc) is 2.89. The summed E-state index contributed by atoms with van der Waals surface area (Å²) in [4.78, 5) is 2.31. The zero-order valence-corrected chi connectivity index (χ0v) is 11.5. The van der Waals surface area contributed by atoms with Crippen molar-refractivity contribution in [3.8, 4) is 0 Å². The Morgan fingerprint density at radius 1 is 1.26 bits per heavy atom. The molecule has 1 aliphatic carbocycles. The van der Waals surface area contributed by atoms with Gasteiger partial charge in [0.2, 0.25) is 0 Å². The minimum Gasteiger partial charge on any atom is -0.397 e. The Bertz CT molecular complexity index is 580. The Hall–Kier alpha value is -1.78. The summed E-state index contributed by atoms with van der Waals surface area (Å²) in [5, 5.41) is 7.89. The fourth-order valence-corrected chi connectivity index (χ4v) is 3.11. The van der Waals surface area contributed by atoms with E-state index in [2.05, 4.69) is 29.2 Å². The Morgan fingerprint density at radius 3 is 2.84 bits per heavy atom. The number of rotatable bonds is 2. The van der Waals surface area contributed by atoms with Gasteiger partial charge in [-0.1, -0.05) is 19.8 Å². The van der Waals surface area contributed by atoms with Crippen molar-refractivity contribution in [2.45, 2.75) is 38.6 Å². The van der Waals surface area contributed by atoms with Gasteiger partial charge in [-0.15, -0.1) is 0 Å². The molecule has 1 aromatic carbocycles. The quantitative estimate of drug-likeness (QED) is 0.841. The van der Waals surface area contributed by atoms with E-state index in [0.29, 0.717) is 17.2 Å². The molecule has 1 heterocycles. The number of anilines is 2. The van der Waals surface area contributed by atoms with Gasteiger partial charge >= 0.3 is 0 Å². The van der Waals surface area contributed by atoms with Gasteiger partial charge in [0.05, 0.1) is 11.4 Å². The largest absolute Gasteiger partial charge is 0.397 e. The molecule has 19 heavy (non-hydrogen) atoms. The molecule has 3 rings (SSSR count). The third kappa shape index (κ3) is 2.13. The van der Waals surface area contributed by atoms with Gasteiger partial charge in [0.1, 0.15) is 0 Å². The van der Waals surface area contributed by atoms with Crippen molar-refractivity contribution in [3.05, 3.63) is 12.1 Å². The third-order valence-corrected chi connectivity index (χ3v) is 4.26. The second-order valence-corrected chi connectivity index (χ2v) is 5.67. The predicted octanol–water partition coefficient (Wildman–Crippen LogP) is 2.82. The molecule has 1 aliphatic rings. The van der Waals surface area contributed by atoms with Crippen molar-refractivity contribution in [2.24, 2.45) is 5.92 Å². The summed E-state index contributed by atoms with van der Waals surface area (Å²) in [6, 6.07) is 4.46. The van der Waals surface area contributed by atoms with Crippen LogP contribution < -0.4 is 10.6 Å². The summed E-state index contributed by atoms with van der Waals surface area (Å²) in [6.07, 6.45) is 5.10. The van der Waals surface area contributed by atoms with Crippen molar-refractivity contribution in [3.63, 3.8) is 0 Å². The minimum absolute atomic E-state index is 0.562. The molecule has 2 aromatic rings. The Labute approximate surface area is 112 Å². The van der Waals surface area contributed by atoms with E-state index in [1.54, 1.807) is 0 Å². The molecular weight excluding hydrogens is 240 g/mol. The highest BCUT2D eigenvalue weighted by molar-refractivity contribution is 5.95. The van der Waals surface area contributed by atoms with Gasteiger partial charge in [0, 0.05) is 13.1 Å². The van der Waals surface area contributed by atoms with Crippen molar-refractivity contribution in [2.75, 3.05) is 17.7 Å². The number of hydrogen-bond donors (Lipinski definition) is 1. The van der Waals surface area contributed by atoms with Gasteiger partial charge in [-0.2, -0.15) is 0 Å². The van der Waals surface area contributed by atoms with Crippen LogP contribution in [0.3, 0.4) is 0 Å². The molecule has 5 heteroatoms. The Kier molecular flexibility index (Phi) is 3.05. The summed E-state index contributed by atoms with van der Waals surface area (Å²) in [7, 11) is 2.13. The summed E-state index contributed by atoms with van der Waals surface area (Å²) in [6.45, 7) is 2.33. The zero-order valence-electron chi connectivity index (χ0n) is 11.5. The Balaban J connectivity index is 1.95. The molecule has 102 valence electrons. The first-order valence-corrected chi connectivity index (χ1v) is 6.90. The lowest BCUT2D eigenvalue weighted by atomic mass is 9.86. The van der Waals surface area contributed by atoms with Crippen molar-refractivity contribution >= 4 is 22.4 Å². The number of benzene rings is 1. The average molecular weight is 260 g/mol. The van der Waals surface area contributed by atoms with E-state index in [4.69, 9.17) is 10.4 Å². The summed E-state index contributed by atoms with van der Waals surface area (Å²) in [5.41, 5.74) is 8.99. The van der Waals surface area contributed by atoms with E-state index in [9.17, 15) is 0 Å². The summed E-state index contributed by atoms with van der Waals surface area (Å²) < 4.78 is 4.84. The lowest BCUT2D eigenvalue weighted by Crippen LogP contribution is -2.35. The lowest BCUT2D eigenvalue weighted by Gasteiger charge is -2.35. The molecule has 2 N–H and O–H groups in total. The second kappa shape index (κ2) is 4.72. The van der Waals surface area contributed by atoms with Crippen LogP contribution in [0, 0.1) is 5.92 Å². The van der Waals surface area contributed by atoms with Crippen LogP contribution in [0.25, 0.3) is 11.0 Å². The number of nitrogen functional groups attached to an aromatic ring is 1. The van der Waals surface area contributed by atoms with E-state index in [-0.39, 0.29) is 0 Å². The number of hydrogen-bond acceptors (Lipinski definition) is 5. The monoisotopic (exact) mass is 260 g/mol. The maximum atomic E-state index is 5.89. The van der Waals surface area contributed by atoms with Crippen LogP contribution in [-0.2, 0) is 0 Å². The molecule has 1 fully saturated rings. The topological polar surface area (TPSA) is 68.2 Å². The van der Waals surface area contributed by atoms with Crippen LogP contribution in [0.5, 0.6) is 0 Å². The molecule has 0 radical (unpaired) electrons. The molecule has 2 atom stereocenters. The van der Waals surface area contributed by atoms with Crippen molar-refractivity contribution in [1.29, 1.82) is 0 Å². The SMILES string of the molecule is CC1CCCC(N(C)c2ccc(N)c3nonc23)C1. The number of nitrogens with zero attached hydrogens (tertiary/aromatic N) is 3. The van der Waals surface area contributed by atoms with Gasteiger partial charge < -0.3 is 10.6 Å². The first-order valence-electron chi connectivity index (χ1n) is 6.90. The van der Waals surface area contributed by atoms with Crippen molar-refractivity contribution in [1.82, 2.24) is 10.3 Å². The first kappa shape index (κ1) is 12.3. The van der Waals surface area contributed by atoms with Crippen LogP contribution in [0.1, 0.15) is 32.6 Å². The summed E-state index contributed by atoms with van der Waals surface area (Å²) >= 11 is 0. The van der Waals surface area contributed by atoms with Crippen LogP contribution in [0.15, 0.2) is 16.8 Å². The van der Waals surface area contributed by atoms with E-state index in [1.165, 1.54) is 25.7 Å². The molecule has 0 aliphatic heterocycles. The highest BCUT2D eigenvalue weighted by Crippen LogP contribution is 2.33. The highest BCUT2D eigenvalue weighted by atomic mass is 16.6. The van der Waals surface area contributed by atoms with Gasteiger partial charge in [-0.05, 0) is 41.2 Å². The van der Waals surface area contributed by atoms with Crippen LogP contribution in [0.2, 0.25) is 0 Å². The van der Waals surface area contributed by atoms with Crippen LogP contribution in [0.4, 0.5) is 11.4 Å². The lowest BCUT2D eigenvalue weighted by molar-refractivity contribution is 0.315.